The van der Waals surface area contributed by atoms with Crippen LogP contribution in [-0.2, 0) is 14.4 Å². The van der Waals surface area contributed by atoms with Crippen LogP contribution in [0.5, 0.6) is 0 Å². The molecule has 6 nitrogen and oxygen atoms in total. The van der Waals surface area contributed by atoms with Gasteiger partial charge in [-0.05, 0) is 19.3 Å². The predicted octanol–water partition coefficient (Wildman–Crippen LogP) is 12.8. The van der Waals surface area contributed by atoms with Crippen molar-refractivity contribution < 1.29 is 29.7 Å². The second-order valence-corrected chi connectivity index (χ2v) is 12.6. The Hall–Kier alpha value is -1.59. The van der Waals surface area contributed by atoms with Crippen molar-refractivity contribution in [3.05, 3.63) is 0 Å². The number of hydrogen-bond donors (Lipinski definition) is 3. The summed E-state index contributed by atoms with van der Waals surface area (Å²) in [7, 11) is 0. The summed E-state index contributed by atoms with van der Waals surface area (Å²) in [4.78, 5) is 30.6. The van der Waals surface area contributed by atoms with Crippen molar-refractivity contribution >= 4 is 17.9 Å². The molecule has 0 fully saturated rings. The van der Waals surface area contributed by atoms with Gasteiger partial charge in [0.2, 0.25) is 0 Å². The monoisotopic (exact) mass is 629 g/mol. The summed E-state index contributed by atoms with van der Waals surface area (Å²) in [6.07, 6.45) is 37.5. The highest BCUT2D eigenvalue weighted by molar-refractivity contribution is 5.67. The fraction of sp³-hybridized carbons (Fsp3) is 0.921. The van der Waals surface area contributed by atoms with Gasteiger partial charge in [-0.25, -0.2) is 0 Å². The van der Waals surface area contributed by atoms with Gasteiger partial charge in [0.15, 0.2) is 0 Å². The van der Waals surface area contributed by atoms with Gasteiger partial charge < -0.3 is 15.3 Å². The van der Waals surface area contributed by atoms with E-state index in [0.29, 0.717) is 19.3 Å². The van der Waals surface area contributed by atoms with Crippen molar-refractivity contribution in [2.75, 3.05) is 0 Å². The molecular weight excluding hydrogens is 552 g/mol. The van der Waals surface area contributed by atoms with E-state index < -0.39 is 17.9 Å². The number of carboxylic acid groups (broad SMARTS) is 3. The van der Waals surface area contributed by atoms with Crippen LogP contribution < -0.4 is 0 Å². The summed E-state index contributed by atoms with van der Waals surface area (Å²) in [5.41, 5.74) is 0. The van der Waals surface area contributed by atoms with Crippen LogP contribution in [0.25, 0.3) is 0 Å². The van der Waals surface area contributed by atoms with E-state index in [1.807, 2.05) is 0 Å². The molecule has 0 unspecified atom stereocenters. The fourth-order valence-electron chi connectivity index (χ4n) is 5.11. The minimum absolute atomic E-state index is 0.337. The lowest BCUT2D eigenvalue weighted by atomic mass is 10.0. The Bertz CT molecular complexity index is 578. The molecule has 0 amide bonds. The lowest BCUT2D eigenvalue weighted by Crippen LogP contribution is -1.93. The van der Waals surface area contributed by atoms with Gasteiger partial charge >= 0.3 is 17.9 Å². The highest BCUT2D eigenvalue weighted by Crippen LogP contribution is 2.13. The molecule has 0 atom stereocenters. The number of hydrogen-bond acceptors (Lipinski definition) is 3. The molecule has 44 heavy (non-hydrogen) atoms. The zero-order valence-electron chi connectivity index (χ0n) is 29.7. The van der Waals surface area contributed by atoms with Crippen LogP contribution in [0.15, 0.2) is 0 Å². The maximum Gasteiger partial charge on any atom is 0.303 e. The predicted molar refractivity (Wildman–Crippen MR) is 188 cm³/mol. The molecule has 264 valence electrons. The number of carboxylic acids is 3. The molecule has 0 aliphatic heterocycles. The number of unbranched alkanes of at least 4 members (excludes halogenated alkanes) is 26. The normalized spacial score (nSPS) is 10.4. The molecule has 0 spiro atoms. The molecule has 0 rings (SSSR count). The highest BCUT2D eigenvalue weighted by Gasteiger charge is 1.98. The Labute approximate surface area is 273 Å². The Balaban J connectivity index is -0.000000596. The zero-order chi connectivity index (χ0) is 33.4. The molecule has 0 aromatic heterocycles. The van der Waals surface area contributed by atoms with Crippen molar-refractivity contribution in [3.8, 4) is 0 Å². The molecule has 0 bridgehead atoms. The van der Waals surface area contributed by atoms with Gasteiger partial charge in [-0.2, -0.15) is 0 Å². The Morgan fingerprint density at radius 1 is 0.273 bits per heavy atom. The van der Waals surface area contributed by atoms with Crippen molar-refractivity contribution in [1.29, 1.82) is 0 Å². The third-order valence-corrected chi connectivity index (χ3v) is 7.98. The van der Waals surface area contributed by atoms with Gasteiger partial charge in [-0.3, -0.25) is 14.4 Å². The minimum Gasteiger partial charge on any atom is -0.481 e. The van der Waals surface area contributed by atoms with Gasteiger partial charge in [-0.15, -0.1) is 0 Å². The molecule has 0 heterocycles. The van der Waals surface area contributed by atoms with E-state index in [2.05, 4.69) is 20.8 Å². The Morgan fingerprint density at radius 3 is 0.545 bits per heavy atom. The van der Waals surface area contributed by atoms with Gasteiger partial charge in [0.05, 0.1) is 0 Å². The molecule has 6 heteroatoms. The number of rotatable bonds is 32. The van der Waals surface area contributed by atoms with Gasteiger partial charge in [-0.1, -0.05) is 188 Å². The largest absolute Gasteiger partial charge is 0.481 e. The number of aliphatic carboxylic acids is 3. The molecular formula is C38H76O6. The summed E-state index contributed by atoms with van der Waals surface area (Å²) >= 11 is 0. The van der Waals surface area contributed by atoms with Crippen LogP contribution >= 0.6 is 0 Å². The third-order valence-electron chi connectivity index (χ3n) is 7.98. The van der Waals surface area contributed by atoms with Crippen LogP contribution in [0.1, 0.15) is 226 Å². The first kappa shape index (κ1) is 46.8. The summed E-state index contributed by atoms with van der Waals surface area (Å²) in [6.45, 7) is 6.66. The van der Waals surface area contributed by atoms with Crippen LogP contribution in [0.4, 0.5) is 0 Å². The van der Waals surface area contributed by atoms with E-state index in [0.717, 1.165) is 38.5 Å². The number of carbonyl (C=O) groups is 3. The first-order chi connectivity index (χ1) is 21.3. The SMILES string of the molecule is CCCCCCCC(=O)O.CCCCCCCCCCCCCC(=O)O.CCCCCCCCCCCCCCCC(=O)O. The average Bonchev–Trinajstić information content (AvgIpc) is 2.98. The lowest BCUT2D eigenvalue weighted by Gasteiger charge is -2.02. The quantitative estimate of drug-likeness (QED) is 0.0639. The molecule has 0 saturated heterocycles. The van der Waals surface area contributed by atoms with E-state index in [1.165, 1.54) is 148 Å². The van der Waals surface area contributed by atoms with Crippen molar-refractivity contribution in [2.45, 2.75) is 226 Å². The van der Waals surface area contributed by atoms with Gasteiger partial charge in [0, 0.05) is 19.3 Å². The van der Waals surface area contributed by atoms with Crippen molar-refractivity contribution in [1.82, 2.24) is 0 Å². The summed E-state index contributed by atoms with van der Waals surface area (Å²) < 4.78 is 0. The summed E-state index contributed by atoms with van der Waals surface area (Å²) in [5, 5.41) is 25.2. The average molecular weight is 629 g/mol. The highest BCUT2D eigenvalue weighted by atomic mass is 16.4. The van der Waals surface area contributed by atoms with Crippen LogP contribution in [0.2, 0.25) is 0 Å². The third kappa shape index (κ3) is 56.2. The molecule has 3 N–H and O–H groups in total. The van der Waals surface area contributed by atoms with Crippen molar-refractivity contribution in [2.24, 2.45) is 0 Å². The second-order valence-electron chi connectivity index (χ2n) is 12.6. The molecule has 0 radical (unpaired) electrons. The first-order valence-electron chi connectivity index (χ1n) is 19.0. The zero-order valence-corrected chi connectivity index (χ0v) is 29.7. The maximum atomic E-state index is 10.3. The van der Waals surface area contributed by atoms with E-state index in [4.69, 9.17) is 15.3 Å². The molecule has 0 aliphatic rings. The Kier molecular flexibility index (Phi) is 46.3. The summed E-state index contributed by atoms with van der Waals surface area (Å²) in [5.74, 6) is -1.98. The smallest absolute Gasteiger partial charge is 0.303 e. The second kappa shape index (κ2) is 43.5. The lowest BCUT2D eigenvalue weighted by molar-refractivity contribution is -0.138. The topological polar surface area (TPSA) is 112 Å². The van der Waals surface area contributed by atoms with Crippen molar-refractivity contribution in [3.63, 3.8) is 0 Å². The molecule has 0 aromatic rings. The van der Waals surface area contributed by atoms with Gasteiger partial charge in [0.1, 0.15) is 0 Å². The first-order valence-corrected chi connectivity index (χ1v) is 19.0. The Morgan fingerprint density at radius 2 is 0.409 bits per heavy atom. The van der Waals surface area contributed by atoms with Crippen LogP contribution in [0, 0.1) is 0 Å². The van der Waals surface area contributed by atoms with E-state index >= 15 is 0 Å². The molecule has 0 aliphatic carbocycles. The fourth-order valence-corrected chi connectivity index (χ4v) is 5.11. The van der Waals surface area contributed by atoms with E-state index in [1.54, 1.807) is 0 Å². The molecule has 0 aromatic carbocycles. The minimum atomic E-state index is -0.670. The molecule has 0 saturated carbocycles. The summed E-state index contributed by atoms with van der Waals surface area (Å²) in [6, 6.07) is 0. The maximum absolute atomic E-state index is 10.3. The van der Waals surface area contributed by atoms with E-state index in [9.17, 15) is 14.4 Å². The standard InChI is InChI=1S/C16H32O2.C14H28O2.C8H16O2/c1-2-3-4-5-6-7-8-9-10-11-12-13-14-15-16(17)18;1-2-3-4-5-6-7-8-9-10-11-12-13-14(15)16;1-2-3-4-5-6-7-8(9)10/h2-15H2,1H3,(H,17,18);2-13H2,1H3,(H,15,16);2-7H2,1H3,(H,9,10). The van der Waals surface area contributed by atoms with Gasteiger partial charge in [0.25, 0.3) is 0 Å². The van der Waals surface area contributed by atoms with Crippen LogP contribution in [0.3, 0.4) is 0 Å². The van der Waals surface area contributed by atoms with E-state index in [-0.39, 0.29) is 0 Å². The van der Waals surface area contributed by atoms with Crippen LogP contribution in [-0.4, -0.2) is 33.2 Å².